The maximum atomic E-state index is 5.89. The van der Waals surface area contributed by atoms with Crippen LogP contribution in [0.25, 0.3) is 10.8 Å². The first-order valence-electron chi connectivity index (χ1n) is 6.02. The highest BCUT2D eigenvalue weighted by atomic mass is 16.5. The van der Waals surface area contributed by atoms with Gasteiger partial charge in [-0.1, -0.05) is 36.4 Å². The third-order valence-corrected chi connectivity index (χ3v) is 2.94. The average molecular weight is 267 g/mol. The Hall–Kier alpha value is -2.86. The molecule has 6 nitrogen and oxygen atoms in total. The van der Waals surface area contributed by atoms with E-state index in [1.165, 1.54) is 6.33 Å². The summed E-state index contributed by atoms with van der Waals surface area (Å²) < 4.78 is 5.79. The molecule has 0 amide bonds. The lowest BCUT2D eigenvalue weighted by molar-refractivity contribution is 0.470. The maximum absolute atomic E-state index is 5.89. The number of benzene rings is 2. The second-order valence-electron chi connectivity index (χ2n) is 4.16. The summed E-state index contributed by atoms with van der Waals surface area (Å²) in [6.07, 6.45) is 1.34. The predicted molar refractivity (Wildman–Crippen MR) is 78.3 cm³/mol. The Morgan fingerprint density at radius 1 is 1.00 bits per heavy atom. The second-order valence-corrected chi connectivity index (χ2v) is 4.16. The van der Waals surface area contributed by atoms with E-state index in [1.807, 2.05) is 42.5 Å². The third-order valence-electron chi connectivity index (χ3n) is 2.94. The van der Waals surface area contributed by atoms with Crippen molar-refractivity contribution in [1.82, 2.24) is 9.97 Å². The highest BCUT2D eigenvalue weighted by molar-refractivity contribution is 5.88. The average Bonchev–Trinajstić information content (AvgIpc) is 2.50. The fourth-order valence-electron chi connectivity index (χ4n) is 1.96. The zero-order valence-electron chi connectivity index (χ0n) is 10.6. The van der Waals surface area contributed by atoms with Crippen LogP contribution in [-0.4, -0.2) is 9.97 Å². The van der Waals surface area contributed by atoms with Gasteiger partial charge in [-0.3, -0.25) is 0 Å². The monoisotopic (exact) mass is 267 g/mol. The van der Waals surface area contributed by atoms with Gasteiger partial charge in [-0.25, -0.2) is 10.8 Å². The molecule has 0 atom stereocenters. The fraction of sp³-hybridized carbons (Fsp3) is 0. The van der Waals surface area contributed by atoms with Gasteiger partial charge in [-0.2, -0.15) is 4.98 Å². The van der Waals surface area contributed by atoms with Gasteiger partial charge in [0.1, 0.15) is 17.8 Å². The summed E-state index contributed by atoms with van der Waals surface area (Å²) in [5, 5.41) is 2.06. The van der Waals surface area contributed by atoms with E-state index in [9.17, 15) is 0 Å². The van der Waals surface area contributed by atoms with Crippen LogP contribution in [-0.2, 0) is 0 Å². The number of rotatable bonds is 3. The normalized spacial score (nSPS) is 10.4. The van der Waals surface area contributed by atoms with E-state index >= 15 is 0 Å². The third kappa shape index (κ3) is 2.08. The summed E-state index contributed by atoms with van der Waals surface area (Å²) in [6, 6.07) is 13.7. The van der Waals surface area contributed by atoms with Gasteiger partial charge in [0.15, 0.2) is 5.82 Å². The van der Waals surface area contributed by atoms with Gasteiger partial charge in [0, 0.05) is 5.39 Å². The molecule has 100 valence electrons. The number of hydrogen-bond donors (Lipinski definition) is 3. The number of aromatic nitrogens is 2. The number of nitrogens with zero attached hydrogens (tertiary/aromatic N) is 2. The molecular weight excluding hydrogens is 254 g/mol. The summed E-state index contributed by atoms with van der Waals surface area (Å²) in [5.74, 6) is 6.60. The van der Waals surface area contributed by atoms with E-state index in [0.29, 0.717) is 11.6 Å². The minimum Gasteiger partial charge on any atom is -0.436 e. The van der Waals surface area contributed by atoms with Gasteiger partial charge >= 0.3 is 0 Å². The minimum atomic E-state index is 0.267. The predicted octanol–water partition coefficient (Wildman–Crippen LogP) is 2.29. The van der Waals surface area contributed by atoms with E-state index in [0.717, 1.165) is 10.8 Å². The molecule has 0 spiro atoms. The zero-order chi connectivity index (χ0) is 13.9. The van der Waals surface area contributed by atoms with Crippen LogP contribution in [0.15, 0.2) is 48.8 Å². The Balaban J connectivity index is 2.06. The van der Waals surface area contributed by atoms with Crippen molar-refractivity contribution in [3.8, 4) is 11.6 Å². The highest BCUT2D eigenvalue weighted by Gasteiger charge is 2.10. The molecule has 5 N–H and O–H groups in total. The summed E-state index contributed by atoms with van der Waals surface area (Å²) in [5.41, 5.74) is 8.56. The molecule has 0 saturated heterocycles. The summed E-state index contributed by atoms with van der Waals surface area (Å²) in [7, 11) is 0. The molecule has 0 aliphatic rings. The van der Waals surface area contributed by atoms with Crippen molar-refractivity contribution in [2.45, 2.75) is 0 Å². The number of hydrogen-bond acceptors (Lipinski definition) is 6. The molecule has 0 aliphatic carbocycles. The largest absolute Gasteiger partial charge is 0.436 e. The van der Waals surface area contributed by atoms with Crippen LogP contribution in [0.2, 0.25) is 0 Å². The van der Waals surface area contributed by atoms with Crippen LogP contribution in [0, 0.1) is 0 Å². The number of nitrogens with two attached hydrogens (primary N) is 2. The van der Waals surface area contributed by atoms with Gasteiger partial charge in [-0.05, 0) is 11.5 Å². The number of hydrazine groups is 1. The molecule has 0 unspecified atom stereocenters. The molecule has 3 rings (SSSR count). The van der Waals surface area contributed by atoms with E-state index in [2.05, 4.69) is 15.4 Å². The zero-order valence-corrected chi connectivity index (χ0v) is 10.6. The van der Waals surface area contributed by atoms with Crippen LogP contribution in [0.1, 0.15) is 0 Å². The number of ether oxygens (including phenoxy) is 1. The van der Waals surface area contributed by atoms with Crippen molar-refractivity contribution < 1.29 is 4.74 Å². The first-order chi connectivity index (χ1) is 9.79. The molecule has 0 bridgehead atoms. The smallest absolute Gasteiger partial charge is 0.248 e. The molecule has 0 saturated carbocycles. The lowest BCUT2D eigenvalue weighted by atomic mass is 10.1. The molecule has 0 aliphatic heterocycles. The van der Waals surface area contributed by atoms with Crippen molar-refractivity contribution in [2.24, 2.45) is 5.84 Å². The Morgan fingerprint density at radius 3 is 2.65 bits per heavy atom. The van der Waals surface area contributed by atoms with Gasteiger partial charge in [-0.15, -0.1) is 0 Å². The van der Waals surface area contributed by atoms with Crippen LogP contribution in [0.3, 0.4) is 0 Å². The molecule has 1 heterocycles. The van der Waals surface area contributed by atoms with Crippen molar-refractivity contribution in [3.63, 3.8) is 0 Å². The fourth-order valence-corrected chi connectivity index (χ4v) is 1.96. The Bertz CT molecular complexity index is 754. The van der Waals surface area contributed by atoms with Crippen LogP contribution in [0.5, 0.6) is 11.6 Å². The lowest BCUT2D eigenvalue weighted by Gasteiger charge is -2.11. The molecule has 2 aromatic carbocycles. The Labute approximate surface area is 115 Å². The molecule has 1 aromatic heterocycles. The van der Waals surface area contributed by atoms with Crippen LogP contribution >= 0.6 is 0 Å². The lowest BCUT2D eigenvalue weighted by Crippen LogP contribution is -2.12. The first-order valence-corrected chi connectivity index (χ1v) is 6.02. The molecule has 0 fully saturated rings. The van der Waals surface area contributed by atoms with Gasteiger partial charge < -0.3 is 15.9 Å². The van der Waals surface area contributed by atoms with Crippen molar-refractivity contribution in [2.75, 3.05) is 11.2 Å². The summed E-state index contributed by atoms with van der Waals surface area (Å²) in [4.78, 5) is 7.94. The molecule has 3 aromatic rings. The Morgan fingerprint density at radius 2 is 1.80 bits per heavy atom. The number of nitrogens with one attached hydrogen (secondary N) is 1. The van der Waals surface area contributed by atoms with E-state index < -0.39 is 0 Å². The minimum absolute atomic E-state index is 0.267. The molecular formula is C14H13N5O. The second kappa shape index (κ2) is 5.02. The summed E-state index contributed by atoms with van der Waals surface area (Å²) >= 11 is 0. The molecule has 20 heavy (non-hydrogen) atoms. The van der Waals surface area contributed by atoms with E-state index in [-0.39, 0.29) is 11.6 Å². The highest BCUT2D eigenvalue weighted by Crippen LogP contribution is 2.32. The van der Waals surface area contributed by atoms with Gasteiger partial charge in [0.2, 0.25) is 5.88 Å². The molecule has 6 heteroatoms. The van der Waals surface area contributed by atoms with E-state index in [4.69, 9.17) is 16.3 Å². The molecule has 0 radical (unpaired) electrons. The number of fused-ring (bicyclic) bond motifs is 1. The summed E-state index contributed by atoms with van der Waals surface area (Å²) in [6.45, 7) is 0. The standard InChI is InChI=1S/C14H13N5O/c15-12-13(19-16)17-8-18-14(12)20-11-7-3-5-9-4-1-2-6-10(9)11/h1-8H,15-16H2,(H,17,18,19). The Kier molecular flexibility index (Phi) is 3.06. The number of anilines is 2. The van der Waals surface area contributed by atoms with Crippen molar-refractivity contribution in [1.29, 1.82) is 0 Å². The quantitative estimate of drug-likeness (QED) is 0.497. The van der Waals surface area contributed by atoms with Gasteiger partial charge in [0.25, 0.3) is 0 Å². The first kappa shape index (κ1) is 12.2. The topological polar surface area (TPSA) is 99.1 Å². The number of nitrogen functional groups attached to an aromatic ring is 2. The van der Waals surface area contributed by atoms with Crippen molar-refractivity contribution >= 4 is 22.3 Å². The SMILES string of the molecule is NNc1ncnc(Oc2cccc3ccccc23)c1N. The maximum Gasteiger partial charge on any atom is 0.248 e. The van der Waals surface area contributed by atoms with Crippen LogP contribution in [0.4, 0.5) is 11.5 Å². The van der Waals surface area contributed by atoms with Crippen molar-refractivity contribution in [3.05, 3.63) is 48.8 Å². The van der Waals surface area contributed by atoms with E-state index in [1.54, 1.807) is 0 Å². The van der Waals surface area contributed by atoms with Crippen LogP contribution < -0.4 is 21.7 Å². The van der Waals surface area contributed by atoms with Gasteiger partial charge in [0.05, 0.1) is 0 Å².